The molecule has 0 spiro atoms. The zero-order valence-electron chi connectivity index (χ0n) is 10.3. The van der Waals surface area contributed by atoms with Gasteiger partial charge in [-0.2, -0.15) is 24.4 Å². The van der Waals surface area contributed by atoms with E-state index in [0.717, 1.165) is 22.2 Å². The summed E-state index contributed by atoms with van der Waals surface area (Å²) in [6.07, 6.45) is 2.60. The molecule has 1 fully saturated rings. The Labute approximate surface area is 105 Å². The molecule has 0 aliphatic carbocycles. The molecule has 0 radical (unpaired) electrons. The summed E-state index contributed by atoms with van der Waals surface area (Å²) in [5.41, 5.74) is 0. The molecular formula is C12H25NS2. The van der Waals surface area contributed by atoms with Gasteiger partial charge in [0.1, 0.15) is 0 Å². The fourth-order valence-corrected chi connectivity index (χ4v) is 4.06. The van der Waals surface area contributed by atoms with Crippen molar-refractivity contribution in [1.82, 2.24) is 4.90 Å². The van der Waals surface area contributed by atoms with E-state index in [9.17, 15) is 0 Å². The van der Waals surface area contributed by atoms with Crippen molar-refractivity contribution in [3.63, 3.8) is 0 Å². The molecule has 1 aliphatic rings. The number of hydrogen-bond acceptors (Lipinski definition) is 3. The minimum atomic E-state index is 0.814. The second kappa shape index (κ2) is 7.08. The summed E-state index contributed by atoms with van der Waals surface area (Å²) in [6.45, 7) is 10.9. The van der Waals surface area contributed by atoms with Crippen molar-refractivity contribution in [1.29, 1.82) is 0 Å². The van der Waals surface area contributed by atoms with E-state index in [1.54, 1.807) is 0 Å². The predicted octanol–water partition coefficient (Wildman–Crippen LogP) is 3.16. The van der Waals surface area contributed by atoms with Crippen LogP contribution in [0.4, 0.5) is 0 Å². The highest BCUT2D eigenvalue weighted by Gasteiger charge is 2.21. The maximum atomic E-state index is 4.29. The molecule has 1 rings (SSSR count). The number of rotatable bonds is 5. The molecule has 0 bridgehead atoms. The maximum Gasteiger partial charge on any atom is 0.0149 e. The SMILES string of the molecule is CC(CCS)CCN1CC(C)SC(C)C1. The number of thioether (sulfide) groups is 1. The molecule has 15 heavy (non-hydrogen) atoms. The molecule has 1 saturated heterocycles. The quantitative estimate of drug-likeness (QED) is 0.744. The molecule has 1 aliphatic heterocycles. The van der Waals surface area contributed by atoms with Gasteiger partial charge in [0.05, 0.1) is 0 Å². The molecule has 0 amide bonds. The molecule has 3 atom stereocenters. The van der Waals surface area contributed by atoms with E-state index in [0.29, 0.717) is 0 Å². The molecule has 0 N–H and O–H groups in total. The summed E-state index contributed by atoms with van der Waals surface area (Å²) < 4.78 is 0. The molecule has 0 aromatic carbocycles. The lowest BCUT2D eigenvalue weighted by molar-refractivity contribution is 0.251. The van der Waals surface area contributed by atoms with Crippen LogP contribution in [-0.4, -0.2) is 40.8 Å². The van der Waals surface area contributed by atoms with Crippen molar-refractivity contribution in [3.8, 4) is 0 Å². The first kappa shape index (κ1) is 13.7. The van der Waals surface area contributed by atoms with Crippen molar-refractivity contribution in [2.45, 2.75) is 44.1 Å². The Bertz CT molecular complexity index is 165. The van der Waals surface area contributed by atoms with Crippen LogP contribution in [-0.2, 0) is 0 Å². The van der Waals surface area contributed by atoms with E-state index in [1.165, 1.54) is 32.5 Å². The average molecular weight is 247 g/mol. The second-order valence-corrected chi connectivity index (χ2v) is 7.25. The van der Waals surface area contributed by atoms with Crippen molar-refractivity contribution < 1.29 is 0 Å². The molecule has 3 unspecified atom stereocenters. The van der Waals surface area contributed by atoms with E-state index < -0.39 is 0 Å². The first-order valence-corrected chi connectivity index (χ1v) is 7.68. The van der Waals surface area contributed by atoms with Crippen LogP contribution in [0.5, 0.6) is 0 Å². The van der Waals surface area contributed by atoms with Gasteiger partial charge in [0.25, 0.3) is 0 Å². The van der Waals surface area contributed by atoms with Gasteiger partial charge in [-0.15, -0.1) is 0 Å². The molecule has 1 heterocycles. The lowest BCUT2D eigenvalue weighted by Crippen LogP contribution is -2.41. The van der Waals surface area contributed by atoms with Crippen LogP contribution >= 0.6 is 24.4 Å². The largest absolute Gasteiger partial charge is 0.301 e. The zero-order valence-corrected chi connectivity index (χ0v) is 12.0. The Morgan fingerprint density at radius 2 is 1.87 bits per heavy atom. The van der Waals surface area contributed by atoms with Gasteiger partial charge in [-0.3, -0.25) is 0 Å². The highest BCUT2D eigenvalue weighted by Crippen LogP contribution is 2.25. The van der Waals surface area contributed by atoms with Crippen molar-refractivity contribution >= 4 is 24.4 Å². The van der Waals surface area contributed by atoms with Crippen molar-refractivity contribution in [2.24, 2.45) is 5.92 Å². The van der Waals surface area contributed by atoms with Gasteiger partial charge in [-0.25, -0.2) is 0 Å². The molecule has 3 heteroatoms. The van der Waals surface area contributed by atoms with E-state index in [-0.39, 0.29) is 0 Å². The Morgan fingerprint density at radius 3 is 2.40 bits per heavy atom. The smallest absolute Gasteiger partial charge is 0.0149 e. The van der Waals surface area contributed by atoms with Gasteiger partial charge in [0.2, 0.25) is 0 Å². The highest BCUT2D eigenvalue weighted by molar-refractivity contribution is 8.00. The van der Waals surface area contributed by atoms with Crippen molar-refractivity contribution in [3.05, 3.63) is 0 Å². The number of hydrogen-bond donors (Lipinski definition) is 1. The highest BCUT2D eigenvalue weighted by atomic mass is 32.2. The molecule has 90 valence electrons. The van der Waals surface area contributed by atoms with Crippen molar-refractivity contribution in [2.75, 3.05) is 25.4 Å². The average Bonchev–Trinajstić information content (AvgIpc) is 2.14. The molecule has 1 nitrogen and oxygen atoms in total. The minimum absolute atomic E-state index is 0.814. The Balaban J connectivity index is 2.20. The lowest BCUT2D eigenvalue weighted by Gasteiger charge is -2.35. The summed E-state index contributed by atoms with van der Waals surface area (Å²) in [4.78, 5) is 2.64. The Hall–Kier alpha value is 0.660. The fourth-order valence-electron chi connectivity index (χ4n) is 2.23. The van der Waals surface area contributed by atoms with Crippen LogP contribution in [0, 0.1) is 5.92 Å². The number of thiol groups is 1. The monoisotopic (exact) mass is 247 g/mol. The van der Waals surface area contributed by atoms with Gasteiger partial charge in [-0.1, -0.05) is 20.8 Å². The van der Waals surface area contributed by atoms with Gasteiger partial charge < -0.3 is 4.90 Å². The third-order valence-corrected chi connectivity index (χ3v) is 4.54. The lowest BCUT2D eigenvalue weighted by atomic mass is 10.0. The van der Waals surface area contributed by atoms with E-state index >= 15 is 0 Å². The van der Waals surface area contributed by atoms with E-state index in [4.69, 9.17) is 0 Å². The molecule has 0 aromatic rings. The van der Waals surface area contributed by atoms with Gasteiger partial charge >= 0.3 is 0 Å². The first-order chi connectivity index (χ1) is 7.11. The van der Waals surface area contributed by atoms with Gasteiger partial charge in [-0.05, 0) is 31.1 Å². The van der Waals surface area contributed by atoms with Gasteiger partial charge in [0.15, 0.2) is 0 Å². The second-order valence-electron chi connectivity index (χ2n) is 4.92. The number of nitrogens with zero attached hydrogens (tertiary/aromatic N) is 1. The van der Waals surface area contributed by atoms with Crippen LogP contribution < -0.4 is 0 Å². The zero-order chi connectivity index (χ0) is 11.3. The predicted molar refractivity (Wildman–Crippen MR) is 75.2 cm³/mol. The topological polar surface area (TPSA) is 3.24 Å². The molecular weight excluding hydrogens is 222 g/mol. The third-order valence-electron chi connectivity index (χ3n) is 3.06. The van der Waals surface area contributed by atoms with Crippen LogP contribution in [0.25, 0.3) is 0 Å². The molecule has 0 aromatic heterocycles. The first-order valence-electron chi connectivity index (χ1n) is 6.10. The van der Waals surface area contributed by atoms with Gasteiger partial charge in [0, 0.05) is 23.6 Å². The standard InChI is InChI=1S/C12H25NS2/c1-10(5-7-14)4-6-13-8-11(2)15-12(3)9-13/h10-12,14H,4-9H2,1-3H3. The minimum Gasteiger partial charge on any atom is -0.301 e. The summed E-state index contributed by atoms with van der Waals surface area (Å²) >= 11 is 6.43. The summed E-state index contributed by atoms with van der Waals surface area (Å²) in [6, 6.07) is 0. The normalized spacial score (nSPS) is 30.4. The van der Waals surface area contributed by atoms with Crippen LogP contribution in [0.3, 0.4) is 0 Å². The Morgan fingerprint density at radius 1 is 1.27 bits per heavy atom. The van der Waals surface area contributed by atoms with Crippen LogP contribution in [0.2, 0.25) is 0 Å². The Kier molecular flexibility index (Phi) is 6.48. The van der Waals surface area contributed by atoms with Crippen LogP contribution in [0.1, 0.15) is 33.6 Å². The fraction of sp³-hybridized carbons (Fsp3) is 1.00. The maximum absolute atomic E-state index is 4.29. The summed E-state index contributed by atoms with van der Waals surface area (Å²) in [5.74, 6) is 1.87. The van der Waals surface area contributed by atoms with E-state index in [1.807, 2.05) is 0 Å². The third kappa shape index (κ3) is 5.50. The summed E-state index contributed by atoms with van der Waals surface area (Å²) in [5, 5.41) is 1.63. The van der Waals surface area contributed by atoms with E-state index in [2.05, 4.69) is 50.1 Å². The van der Waals surface area contributed by atoms with Crippen LogP contribution in [0.15, 0.2) is 0 Å². The molecule has 0 saturated carbocycles. The summed E-state index contributed by atoms with van der Waals surface area (Å²) in [7, 11) is 0.